The largest absolute Gasteiger partial charge is 0.459 e. The van der Waals surface area contributed by atoms with Gasteiger partial charge in [-0.25, -0.2) is 4.98 Å². The lowest BCUT2D eigenvalue weighted by Crippen LogP contribution is -2.17. The highest BCUT2D eigenvalue weighted by atomic mass is 16.3. The number of rotatable bonds is 3. The Morgan fingerprint density at radius 3 is 2.80 bits per heavy atom. The van der Waals surface area contributed by atoms with Crippen molar-refractivity contribution in [2.45, 2.75) is 6.54 Å². The van der Waals surface area contributed by atoms with Gasteiger partial charge in [-0.1, -0.05) is 18.2 Å². The lowest BCUT2D eigenvalue weighted by molar-refractivity contribution is 0.545. The highest BCUT2D eigenvalue weighted by Crippen LogP contribution is 2.21. The van der Waals surface area contributed by atoms with Crippen LogP contribution in [0, 0.1) is 11.3 Å². The fourth-order valence-corrected chi connectivity index (χ4v) is 2.11. The van der Waals surface area contributed by atoms with E-state index < -0.39 is 0 Å². The number of nitriles is 1. The van der Waals surface area contributed by atoms with E-state index >= 15 is 0 Å². The van der Waals surface area contributed by atoms with Crippen LogP contribution in [-0.2, 0) is 6.54 Å². The number of nitrogens with zero attached hydrogens (tertiary/aromatic N) is 3. The Balaban J connectivity index is 1.80. The predicted octanol–water partition coefficient (Wildman–Crippen LogP) is 3.34. The quantitative estimate of drug-likeness (QED) is 0.727. The predicted molar refractivity (Wildman–Crippen MR) is 77.3 cm³/mol. The van der Waals surface area contributed by atoms with E-state index in [2.05, 4.69) is 11.1 Å². The van der Waals surface area contributed by atoms with E-state index in [1.165, 1.54) is 0 Å². The van der Waals surface area contributed by atoms with Gasteiger partial charge in [0, 0.05) is 18.6 Å². The summed E-state index contributed by atoms with van der Waals surface area (Å²) in [6.45, 7) is 0.633. The summed E-state index contributed by atoms with van der Waals surface area (Å²) in [5.74, 6) is 1.70. The number of fused-ring (bicyclic) bond motifs is 1. The summed E-state index contributed by atoms with van der Waals surface area (Å²) in [5.41, 5.74) is 1.45. The zero-order chi connectivity index (χ0) is 13.9. The minimum atomic E-state index is 0.561. The zero-order valence-corrected chi connectivity index (χ0v) is 11.1. The number of furan rings is 1. The fourth-order valence-electron chi connectivity index (χ4n) is 2.11. The van der Waals surface area contributed by atoms with Crippen LogP contribution in [0.1, 0.15) is 11.3 Å². The van der Waals surface area contributed by atoms with Crippen LogP contribution in [0.5, 0.6) is 0 Å². The van der Waals surface area contributed by atoms with Crippen molar-refractivity contribution in [3.8, 4) is 6.07 Å². The van der Waals surface area contributed by atoms with Gasteiger partial charge in [0.1, 0.15) is 23.2 Å². The lowest BCUT2D eigenvalue weighted by atomic mass is 10.2. The Bertz CT molecular complexity index is 735. The molecule has 0 unspecified atom stereocenters. The van der Waals surface area contributed by atoms with E-state index in [1.807, 2.05) is 48.3 Å². The molecule has 0 aliphatic heterocycles. The SMILES string of the molecule is CN(Cc1cc2ccccc2o1)c1ccc(C#N)cn1. The van der Waals surface area contributed by atoms with Gasteiger partial charge in [-0.15, -0.1) is 0 Å². The van der Waals surface area contributed by atoms with Crippen LogP contribution in [0.2, 0.25) is 0 Å². The van der Waals surface area contributed by atoms with Gasteiger partial charge in [-0.2, -0.15) is 5.26 Å². The first-order valence-corrected chi connectivity index (χ1v) is 6.31. The number of benzene rings is 1. The van der Waals surface area contributed by atoms with Crippen molar-refractivity contribution in [1.82, 2.24) is 4.98 Å². The third kappa shape index (κ3) is 2.34. The van der Waals surface area contributed by atoms with Crippen molar-refractivity contribution < 1.29 is 4.42 Å². The lowest BCUT2D eigenvalue weighted by Gasteiger charge is -2.16. The second-order valence-electron chi connectivity index (χ2n) is 4.62. The van der Waals surface area contributed by atoms with Crippen molar-refractivity contribution >= 4 is 16.8 Å². The van der Waals surface area contributed by atoms with Crippen LogP contribution < -0.4 is 4.90 Å². The van der Waals surface area contributed by atoms with Gasteiger partial charge < -0.3 is 9.32 Å². The van der Waals surface area contributed by atoms with Crippen LogP contribution in [0.25, 0.3) is 11.0 Å². The smallest absolute Gasteiger partial charge is 0.134 e. The van der Waals surface area contributed by atoms with Gasteiger partial charge >= 0.3 is 0 Å². The molecule has 0 atom stereocenters. The van der Waals surface area contributed by atoms with E-state index in [0.717, 1.165) is 22.5 Å². The molecule has 0 saturated heterocycles. The molecular formula is C16H13N3O. The van der Waals surface area contributed by atoms with Crippen molar-refractivity contribution in [2.24, 2.45) is 0 Å². The summed E-state index contributed by atoms with van der Waals surface area (Å²) < 4.78 is 5.78. The number of pyridine rings is 1. The average Bonchev–Trinajstić information content (AvgIpc) is 2.89. The molecule has 3 rings (SSSR count). The minimum Gasteiger partial charge on any atom is -0.459 e. The monoisotopic (exact) mass is 263 g/mol. The summed E-state index contributed by atoms with van der Waals surface area (Å²) >= 11 is 0. The summed E-state index contributed by atoms with van der Waals surface area (Å²) in [4.78, 5) is 6.25. The minimum absolute atomic E-state index is 0.561. The molecule has 0 spiro atoms. The molecular weight excluding hydrogens is 250 g/mol. The van der Waals surface area contributed by atoms with E-state index in [1.54, 1.807) is 12.3 Å². The van der Waals surface area contributed by atoms with Gasteiger partial charge in [0.25, 0.3) is 0 Å². The maximum atomic E-state index is 8.76. The molecule has 0 fully saturated rings. The standard InChI is InChI=1S/C16H13N3O/c1-19(16-7-6-12(9-17)10-18-16)11-14-8-13-4-2-3-5-15(13)20-14/h2-8,10H,11H2,1H3. The molecule has 4 nitrogen and oxygen atoms in total. The Hall–Kier alpha value is -2.80. The van der Waals surface area contributed by atoms with Gasteiger partial charge in [0.05, 0.1) is 12.1 Å². The highest BCUT2D eigenvalue weighted by molar-refractivity contribution is 5.77. The molecule has 0 saturated carbocycles. The molecule has 0 radical (unpaired) electrons. The third-order valence-electron chi connectivity index (χ3n) is 3.14. The number of anilines is 1. The van der Waals surface area contributed by atoms with Crippen LogP contribution in [-0.4, -0.2) is 12.0 Å². The second-order valence-corrected chi connectivity index (χ2v) is 4.62. The molecule has 0 aliphatic rings. The summed E-state index contributed by atoms with van der Waals surface area (Å²) in [5, 5.41) is 9.86. The molecule has 0 N–H and O–H groups in total. The first-order valence-electron chi connectivity index (χ1n) is 6.31. The topological polar surface area (TPSA) is 53.1 Å². The van der Waals surface area contributed by atoms with Crippen molar-refractivity contribution in [3.05, 3.63) is 60.0 Å². The molecule has 2 aromatic heterocycles. The van der Waals surface area contributed by atoms with Gasteiger partial charge in [0.15, 0.2) is 0 Å². The molecule has 0 bridgehead atoms. The zero-order valence-electron chi connectivity index (χ0n) is 11.1. The first-order chi connectivity index (χ1) is 9.76. The highest BCUT2D eigenvalue weighted by Gasteiger charge is 2.08. The number of hydrogen-bond donors (Lipinski definition) is 0. The van der Waals surface area contributed by atoms with E-state index in [9.17, 15) is 0 Å². The number of hydrogen-bond acceptors (Lipinski definition) is 4. The van der Waals surface area contributed by atoms with Crippen molar-refractivity contribution in [1.29, 1.82) is 5.26 Å². The number of aromatic nitrogens is 1. The maximum Gasteiger partial charge on any atom is 0.134 e. The van der Waals surface area contributed by atoms with Gasteiger partial charge in [0.2, 0.25) is 0 Å². The Morgan fingerprint density at radius 1 is 1.25 bits per heavy atom. The summed E-state index contributed by atoms with van der Waals surface area (Å²) in [6.07, 6.45) is 1.57. The summed E-state index contributed by atoms with van der Waals surface area (Å²) in [6, 6.07) is 15.6. The second kappa shape index (κ2) is 5.06. The van der Waals surface area contributed by atoms with Crippen LogP contribution in [0.4, 0.5) is 5.82 Å². The fraction of sp³-hybridized carbons (Fsp3) is 0.125. The van der Waals surface area contributed by atoms with E-state index in [4.69, 9.17) is 9.68 Å². The molecule has 2 heterocycles. The van der Waals surface area contributed by atoms with Gasteiger partial charge in [-0.3, -0.25) is 0 Å². The molecule has 1 aromatic carbocycles. The van der Waals surface area contributed by atoms with Gasteiger partial charge in [-0.05, 0) is 24.3 Å². The van der Waals surface area contributed by atoms with E-state index in [-0.39, 0.29) is 0 Å². The van der Waals surface area contributed by atoms with Crippen LogP contribution in [0.3, 0.4) is 0 Å². The Morgan fingerprint density at radius 2 is 2.10 bits per heavy atom. The molecule has 0 aliphatic carbocycles. The van der Waals surface area contributed by atoms with Crippen LogP contribution >= 0.6 is 0 Å². The van der Waals surface area contributed by atoms with E-state index in [0.29, 0.717) is 12.1 Å². The maximum absolute atomic E-state index is 8.76. The normalized spacial score (nSPS) is 10.4. The third-order valence-corrected chi connectivity index (χ3v) is 3.14. The molecule has 0 amide bonds. The average molecular weight is 263 g/mol. The molecule has 20 heavy (non-hydrogen) atoms. The number of para-hydroxylation sites is 1. The molecule has 3 aromatic rings. The Kier molecular flexibility index (Phi) is 3.10. The first kappa shape index (κ1) is 12.2. The molecule has 98 valence electrons. The molecule has 4 heteroatoms. The van der Waals surface area contributed by atoms with Crippen molar-refractivity contribution in [3.63, 3.8) is 0 Å². The van der Waals surface area contributed by atoms with Crippen LogP contribution in [0.15, 0.2) is 53.1 Å². The van der Waals surface area contributed by atoms with Crippen molar-refractivity contribution in [2.75, 3.05) is 11.9 Å². The Labute approximate surface area is 116 Å². The summed E-state index contributed by atoms with van der Waals surface area (Å²) in [7, 11) is 1.95.